The highest BCUT2D eigenvalue weighted by Gasteiger charge is 2.11. The monoisotopic (exact) mass is 323 g/mol. The molecule has 0 atom stereocenters. The zero-order valence-electron chi connectivity index (χ0n) is 7.67. The zero-order valence-corrected chi connectivity index (χ0v) is 10.6. The molecule has 1 aromatic rings. The molecule has 1 fully saturated rings. The minimum absolute atomic E-state index is 0.804. The molecule has 0 amide bonds. The van der Waals surface area contributed by atoms with Gasteiger partial charge in [-0.3, -0.25) is 0 Å². The van der Waals surface area contributed by atoms with Crippen molar-refractivity contribution < 1.29 is 4.74 Å². The van der Waals surface area contributed by atoms with E-state index in [9.17, 15) is 0 Å². The van der Waals surface area contributed by atoms with Crippen LogP contribution in [0.25, 0.3) is 0 Å². The van der Waals surface area contributed by atoms with Gasteiger partial charge in [0.1, 0.15) is 0 Å². The average molecular weight is 324 g/mol. The van der Waals surface area contributed by atoms with Gasteiger partial charge in [0.25, 0.3) is 0 Å². The van der Waals surface area contributed by atoms with E-state index < -0.39 is 0 Å². The molecule has 1 heterocycles. The van der Waals surface area contributed by atoms with E-state index in [-0.39, 0.29) is 0 Å². The first-order chi connectivity index (χ1) is 6.75. The lowest BCUT2D eigenvalue weighted by molar-refractivity contribution is 0.122. The molecule has 76 valence electrons. The fourth-order valence-electron chi connectivity index (χ4n) is 1.54. The van der Waals surface area contributed by atoms with Crippen LogP contribution in [0, 0.1) is 3.57 Å². The van der Waals surface area contributed by atoms with E-state index in [1.807, 2.05) is 12.1 Å². The maximum Gasteiger partial charge on any atom is 0.0642 e. The first kappa shape index (κ1) is 10.5. The summed E-state index contributed by atoms with van der Waals surface area (Å²) in [5.41, 5.74) is 1.20. The molecular formula is C10H11ClINO. The molecule has 1 aliphatic heterocycles. The van der Waals surface area contributed by atoms with Crippen LogP contribution in [0.2, 0.25) is 5.02 Å². The average Bonchev–Trinajstić information content (AvgIpc) is 2.18. The largest absolute Gasteiger partial charge is 0.378 e. The maximum atomic E-state index is 6.01. The van der Waals surface area contributed by atoms with Crippen LogP contribution in [0.5, 0.6) is 0 Å². The Balaban J connectivity index is 2.21. The first-order valence-corrected chi connectivity index (χ1v) is 6.00. The molecule has 14 heavy (non-hydrogen) atoms. The van der Waals surface area contributed by atoms with Gasteiger partial charge in [-0.05, 0) is 40.8 Å². The van der Waals surface area contributed by atoms with Crippen molar-refractivity contribution in [2.75, 3.05) is 31.2 Å². The van der Waals surface area contributed by atoms with Gasteiger partial charge >= 0.3 is 0 Å². The Morgan fingerprint density at radius 3 is 2.57 bits per heavy atom. The standard InChI is InChI=1S/C10H11ClINO/c11-8-5-9(12)7-10(6-8)13-1-3-14-4-2-13/h5-7H,1-4H2. The number of morpholine rings is 1. The molecule has 1 aromatic carbocycles. The predicted molar refractivity (Wildman–Crippen MR) is 67.2 cm³/mol. The number of hydrogen-bond acceptors (Lipinski definition) is 2. The molecule has 0 aliphatic carbocycles. The van der Waals surface area contributed by atoms with Crippen molar-refractivity contribution in [2.24, 2.45) is 0 Å². The van der Waals surface area contributed by atoms with E-state index in [0.29, 0.717) is 0 Å². The minimum Gasteiger partial charge on any atom is -0.378 e. The van der Waals surface area contributed by atoms with Crippen LogP contribution < -0.4 is 4.90 Å². The van der Waals surface area contributed by atoms with Gasteiger partial charge in [0, 0.05) is 27.4 Å². The number of ether oxygens (including phenoxy) is 1. The molecule has 0 saturated carbocycles. The molecule has 0 aromatic heterocycles. The van der Waals surface area contributed by atoms with Crippen molar-refractivity contribution in [1.82, 2.24) is 0 Å². The lowest BCUT2D eigenvalue weighted by atomic mass is 10.2. The Hall–Kier alpha value is -0.000000000000000139. The normalized spacial score (nSPS) is 17.1. The van der Waals surface area contributed by atoms with Gasteiger partial charge < -0.3 is 9.64 Å². The maximum absolute atomic E-state index is 6.01. The van der Waals surface area contributed by atoms with Crippen LogP contribution in [-0.4, -0.2) is 26.3 Å². The molecule has 0 bridgehead atoms. The van der Waals surface area contributed by atoms with Crippen LogP contribution in [0.3, 0.4) is 0 Å². The number of benzene rings is 1. The van der Waals surface area contributed by atoms with Crippen LogP contribution >= 0.6 is 34.2 Å². The summed E-state index contributed by atoms with van der Waals surface area (Å²) in [6.45, 7) is 3.53. The van der Waals surface area contributed by atoms with Gasteiger partial charge in [0.05, 0.1) is 13.2 Å². The summed E-state index contributed by atoms with van der Waals surface area (Å²) in [6, 6.07) is 6.12. The fourth-order valence-corrected chi connectivity index (χ4v) is 2.61. The van der Waals surface area contributed by atoms with Crippen LogP contribution in [0.4, 0.5) is 5.69 Å². The van der Waals surface area contributed by atoms with Gasteiger partial charge in [-0.1, -0.05) is 11.6 Å². The van der Waals surface area contributed by atoms with Crippen LogP contribution in [-0.2, 0) is 4.74 Å². The van der Waals surface area contributed by atoms with Crippen LogP contribution in [0.15, 0.2) is 18.2 Å². The molecule has 0 unspecified atom stereocenters. The van der Waals surface area contributed by atoms with Crippen molar-refractivity contribution in [3.8, 4) is 0 Å². The number of anilines is 1. The van der Waals surface area contributed by atoms with Crippen LogP contribution in [0.1, 0.15) is 0 Å². The molecule has 1 saturated heterocycles. The number of rotatable bonds is 1. The third kappa shape index (κ3) is 2.52. The summed E-state index contributed by atoms with van der Waals surface area (Å²) in [4.78, 5) is 2.30. The Bertz CT molecular complexity index is 306. The smallest absolute Gasteiger partial charge is 0.0642 e. The zero-order chi connectivity index (χ0) is 9.97. The molecule has 4 heteroatoms. The minimum atomic E-state index is 0.804. The van der Waals surface area contributed by atoms with Crippen molar-refractivity contribution in [3.05, 3.63) is 26.8 Å². The topological polar surface area (TPSA) is 12.5 Å². The second kappa shape index (κ2) is 4.68. The number of hydrogen-bond donors (Lipinski definition) is 0. The van der Waals surface area contributed by atoms with E-state index in [4.69, 9.17) is 16.3 Å². The molecule has 2 nitrogen and oxygen atoms in total. The summed E-state index contributed by atoms with van der Waals surface area (Å²) in [6.07, 6.45) is 0. The molecule has 0 spiro atoms. The molecular weight excluding hydrogens is 312 g/mol. The second-order valence-corrected chi connectivity index (χ2v) is 4.91. The predicted octanol–water partition coefficient (Wildman–Crippen LogP) is 2.78. The summed E-state index contributed by atoms with van der Waals surface area (Å²) in [5.74, 6) is 0. The molecule has 1 aliphatic rings. The van der Waals surface area contributed by atoms with E-state index in [1.165, 1.54) is 9.26 Å². The Morgan fingerprint density at radius 1 is 1.21 bits per heavy atom. The highest BCUT2D eigenvalue weighted by atomic mass is 127. The first-order valence-electron chi connectivity index (χ1n) is 4.54. The van der Waals surface area contributed by atoms with E-state index in [0.717, 1.165) is 31.3 Å². The Kier molecular flexibility index (Phi) is 3.52. The van der Waals surface area contributed by atoms with Gasteiger partial charge in [0.2, 0.25) is 0 Å². The van der Waals surface area contributed by atoms with Gasteiger partial charge in [0.15, 0.2) is 0 Å². The van der Waals surface area contributed by atoms with Gasteiger partial charge in [-0.25, -0.2) is 0 Å². The van der Waals surface area contributed by atoms with Gasteiger partial charge in [-0.2, -0.15) is 0 Å². The summed E-state index contributed by atoms with van der Waals surface area (Å²) in [5, 5.41) is 0.804. The summed E-state index contributed by atoms with van der Waals surface area (Å²) in [7, 11) is 0. The highest BCUT2D eigenvalue weighted by molar-refractivity contribution is 14.1. The van der Waals surface area contributed by atoms with Crippen molar-refractivity contribution in [3.63, 3.8) is 0 Å². The number of nitrogens with zero attached hydrogens (tertiary/aromatic N) is 1. The third-order valence-electron chi connectivity index (χ3n) is 2.22. The number of halogens is 2. The van der Waals surface area contributed by atoms with E-state index in [2.05, 4.69) is 33.6 Å². The summed E-state index contributed by atoms with van der Waals surface area (Å²) >= 11 is 8.29. The van der Waals surface area contributed by atoms with Crippen molar-refractivity contribution >= 4 is 39.9 Å². The Morgan fingerprint density at radius 2 is 1.93 bits per heavy atom. The molecule has 2 rings (SSSR count). The van der Waals surface area contributed by atoms with E-state index in [1.54, 1.807) is 0 Å². The van der Waals surface area contributed by atoms with Crippen molar-refractivity contribution in [2.45, 2.75) is 0 Å². The second-order valence-electron chi connectivity index (χ2n) is 3.23. The summed E-state index contributed by atoms with van der Waals surface area (Å²) < 4.78 is 6.48. The van der Waals surface area contributed by atoms with Crippen molar-refractivity contribution in [1.29, 1.82) is 0 Å². The van der Waals surface area contributed by atoms with Gasteiger partial charge in [-0.15, -0.1) is 0 Å². The highest BCUT2D eigenvalue weighted by Crippen LogP contribution is 2.24. The van der Waals surface area contributed by atoms with E-state index >= 15 is 0 Å². The molecule has 0 N–H and O–H groups in total. The lowest BCUT2D eigenvalue weighted by Gasteiger charge is -2.29. The quantitative estimate of drug-likeness (QED) is 0.737. The molecule has 0 radical (unpaired) electrons. The SMILES string of the molecule is Clc1cc(I)cc(N2CCOCC2)c1. The third-order valence-corrected chi connectivity index (χ3v) is 3.06. The Labute approximate surface area is 102 Å². The lowest BCUT2D eigenvalue weighted by Crippen LogP contribution is -2.36. The fraction of sp³-hybridized carbons (Fsp3) is 0.400.